The van der Waals surface area contributed by atoms with Crippen molar-refractivity contribution in [3.05, 3.63) is 59.7 Å². The number of rotatable bonds is 5. The first-order chi connectivity index (χ1) is 11.7. The molecule has 2 aromatic carbocycles. The number of fused-ring (bicyclic) bond motifs is 1. The Balaban J connectivity index is 2.04. The zero-order chi connectivity index (χ0) is 17.0. The Bertz CT molecular complexity index is 673. The van der Waals surface area contributed by atoms with Gasteiger partial charge >= 0.3 is 0 Å². The topological polar surface area (TPSA) is 32.3 Å². The number of hydrogen-bond acceptors (Lipinski definition) is 3. The normalized spacial score (nSPS) is 23.5. The van der Waals surface area contributed by atoms with Gasteiger partial charge in [0.25, 0.3) is 0 Å². The Morgan fingerprint density at radius 2 is 1.96 bits per heavy atom. The van der Waals surface area contributed by atoms with Gasteiger partial charge in [-0.05, 0) is 36.1 Å². The molecule has 0 radical (unpaired) electrons. The maximum Gasteiger partial charge on any atom is 0.116 e. The van der Waals surface area contributed by atoms with E-state index in [1.54, 1.807) is 0 Å². The average molecular weight is 342 g/mol. The molecule has 2 aromatic rings. The van der Waals surface area contributed by atoms with Crippen molar-refractivity contribution in [3.8, 4) is 5.75 Å². The minimum absolute atomic E-state index is 0.135. The smallest absolute Gasteiger partial charge is 0.116 e. The summed E-state index contributed by atoms with van der Waals surface area (Å²) >= 11 is 1.88. The number of benzene rings is 2. The summed E-state index contributed by atoms with van der Waals surface area (Å²) in [5.74, 6) is 1.40. The molecule has 1 aliphatic heterocycles. The molecule has 0 unspecified atom stereocenters. The molecule has 0 spiro atoms. The fourth-order valence-electron chi connectivity index (χ4n) is 3.48. The molecule has 0 bridgehead atoms. The van der Waals surface area contributed by atoms with Crippen molar-refractivity contribution in [3.63, 3.8) is 0 Å². The molecule has 3 heteroatoms. The van der Waals surface area contributed by atoms with Crippen LogP contribution in [-0.2, 0) is 0 Å². The van der Waals surface area contributed by atoms with E-state index < -0.39 is 0 Å². The highest BCUT2D eigenvalue weighted by Crippen LogP contribution is 2.41. The Hall–Kier alpha value is -1.45. The second-order valence-corrected chi connectivity index (χ2v) is 7.75. The maximum absolute atomic E-state index is 9.93. The molecular formula is C21H27NOS. The summed E-state index contributed by atoms with van der Waals surface area (Å²) in [5.41, 5.74) is 2.70. The fraction of sp³-hybridized carbons (Fsp3) is 0.429. The van der Waals surface area contributed by atoms with Crippen LogP contribution in [0.3, 0.4) is 0 Å². The van der Waals surface area contributed by atoms with Crippen LogP contribution in [0.1, 0.15) is 56.7 Å². The third-order valence-electron chi connectivity index (χ3n) is 5.08. The predicted octanol–water partition coefficient (Wildman–Crippen LogP) is 5.52. The second kappa shape index (κ2) is 7.62. The summed E-state index contributed by atoms with van der Waals surface area (Å²) in [6.45, 7) is 4.55. The van der Waals surface area contributed by atoms with Gasteiger partial charge in [-0.1, -0.05) is 63.1 Å². The van der Waals surface area contributed by atoms with Gasteiger partial charge in [-0.25, -0.2) is 0 Å². The van der Waals surface area contributed by atoms with Crippen molar-refractivity contribution in [2.45, 2.75) is 56.0 Å². The lowest BCUT2D eigenvalue weighted by molar-refractivity contribution is 0.298. The Morgan fingerprint density at radius 1 is 1.17 bits per heavy atom. The van der Waals surface area contributed by atoms with Gasteiger partial charge in [-0.3, -0.25) is 5.32 Å². The fourth-order valence-corrected chi connectivity index (χ4v) is 4.90. The Morgan fingerprint density at radius 3 is 2.67 bits per heavy atom. The van der Waals surface area contributed by atoms with E-state index in [-0.39, 0.29) is 11.6 Å². The van der Waals surface area contributed by atoms with Crippen LogP contribution >= 0.6 is 11.8 Å². The van der Waals surface area contributed by atoms with Gasteiger partial charge in [0, 0.05) is 16.2 Å². The summed E-state index contributed by atoms with van der Waals surface area (Å²) in [6.07, 6.45) is 4.77. The van der Waals surface area contributed by atoms with E-state index >= 15 is 0 Å². The van der Waals surface area contributed by atoms with Gasteiger partial charge in [0.05, 0.1) is 6.04 Å². The van der Waals surface area contributed by atoms with Crippen LogP contribution in [0.4, 0.5) is 0 Å². The van der Waals surface area contributed by atoms with Crippen molar-refractivity contribution in [1.82, 2.24) is 5.32 Å². The van der Waals surface area contributed by atoms with Crippen LogP contribution in [0, 0.1) is 0 Å². The highest BCUT2D eigenvalue weighted by molar-refractivity contribution is 7.99. The second-order valence-electron chi connectivity index (χ2n) is 6.74. The number of hydrogen-bond donors (Lipinski definition) is 2. The molecule has 0 aliphatic carbocycles. The van der Waals surface area contributed by atoms with E-state index in [9.17, 15) is 5.11 Å². The van der Waals surface area contributed by atoms with Crippen molar-refractivity contribution >= 4 is 11.8 Å². The van der Waals surface area contributed by atoms with Gasteiger partial charge in [-0.2, -0.15) is 0 Å². The van der Waals surface area contributed by atoms with E-state index in [0.29, 0.717) is 5.75 Å². The number of aromatic hydroxyl groups is 1. The minimum Gasteiger partial charge on any atom is -0.508 e. The quantitative estimate of drug-likeness (QED) is 0.751. The van der Waals surface area contributed by atoms with Crippen LogP contribution in [0.2, 0.25) is 0 Å². The van der Waals surface area contributed by atoms with Crippen molar-refractivity contribution in [2.75, 3.05) is 5.75 Å². The van der Waals surface area contributed by atoms with Gasteiger partial charge in [0.2, 0.25) is 0 Å². The zero-order valence-corrected chi connectivity index (χ0v) is 15.4. The number of unbranched alkanes of at least 4 members (excludes halogenated alkanes) is 1. The van der Waals surface area contributed by atoms with E-state index in [0.717, 1.165) is 12.2 Å². The van der Waals surface area contributed by atoms with Crippen LogP contribution in [0.15, 0.2) is 53.4 Å². The predicted molar refractivity (Wildman–Crippen MR) is 103 cm³/mol. The van der Waals surface area contributed by atoms with Crippen molar-refractivity contribution in [2.24, 2.45) is 0 Å². The van der Waals surface area contributed by atoms with Gasteiger partial charge < -0.3 is 5.11 Å². The van der Waals surface area contributed by atoms with Crippen molar-refractivity contribution < 1.29 is 5.11 Å². The summed E-state index contributed by atoms with van der Waals surface area (Å²) in [5, 5.41) is 13.9. The lowest BCUT2D eigenvalue weighted by atomic mass is 9.88. The molecule has 0 saturated carbocycles. The minimum atomic E-state index is 0.135. The molecule has 2 atom stereocenters. The van der Waals surface area contributed by atoms with Crippen LogP contribution in [0.5, 0.6) is 5.75 Å². The first-order valence-electron chi connectivity index (χ1n) is 8.96. The van der Waals surface area contributed by atoms with Gasteiger partial charge in [0.15, 0.2) is 0 Å². The van der Waals surface area contributed by atoms with Crippen LogP contribution < -0.4 is 5.32 Å². The molecule has 1 heterocycles. The molecule has 3 rings (SSSR count). The van der Waals surface area contributed by atoms with Crippen LogP contribution in [-0.4, -0.2) is 16.4 Å². The first-order valence-corrected chi connectivity index (χ1v) is 9.94. The monoisotopic (exact) mass is 341 g/mol. The third kappa shape index (κ3) is 3.62. The highest BCUT2D eigenvalue weighted by Gasteiger charge is 2.35. The molecular weight excluding hydrogens is 314 g/mol. The molecule has 0 aromatic heterocycles. The summed E-state index contributed by atoms with van der Waals surface area (Å²) in [4.78, 5) is 1.20. The Kier molecular flexibility index (Phi) is 5.52. The van der Waals surface area contributed by atoms with E-state index in [1.807, 2.05) is 23.9 Å². The first kappa shape index (κ1) is 17.4. The molecule has 2 nitrogen and oxygen atoms in total. The molecule has 0 saturated heterocycles. The molecule has 24 heavy (non-hydrogen) atoms. The SMILES string of the molecule is CCCC[C@]1(CC)CSc2cc(O)ccc2[C@H](c2ccccc2)N1. The van der Waals surface area contributed by atoms with Crippen LogP contribution in [0.25, 0.3) is 0 Å². The maximum atomic E-state index is 9.93. The zero-order valence-electron chi connectivity index (χ0n) is 14.6. The lowest BCUT2D eigenvalue weighted by Gasteiger charge is -2.36. The van der Waals surface area contributed by atoms with E-state index in [2.05, 4.69) is 55.6 Å². The largest absolute Gasteiger partial charge is 0.508 e. The molecule has 128 valence electrons. The Labute approximate surface area is 149 Å². The molecule has 0 fully saturated rings. The lowest BCUT2D eigenvalue weighted by Crippen LogP contribution is -2.48. The van der Waals surface area contributed by atoms with Gasteiger partial charge in [-0.15, -0.1) is 11.8 Å². The third-order valence-corrected chi connectivity index (χ3v) is 6.44. The van der Waals surface area contributed by atoms with Gasteiger partial charge in [0.1, 0.15) is 5.75 Å². The summed E-state index contributed by atoms with van der Waals surface area (Å²) in [6, 6.07) is 16.7. The number of thioether (sulfide) groups is 1. The molecule has 1 aliphatic rings. The number of nitrogens with one attached hydrogen (secondary N) is 1. The number of phenolic OH excluding ortho intramolecular Hbond substituents is 1. The summed E-state index contributed by atoms with van der Waals surface area (Å²) in [7, 11) is 0. The standard InChI is InChI=1S/C21H27NOS/c1-3-5-13-21(4-2)15-24-19-14-17(23)11-12-18(19)20(22-21)16-9-7-6-8-10-16/h6-12,14,20,22-23H,3-5,13,15H2,1-2H3/t20-,21+/m0/s1. The van der Waals surface area contributed by atoms with Crippen molar-refractivity contribution in [1.29, 1.82) is 0 Å². The molecule has 2 N–H and O–H groups in total. The van der Waals surface area contributed by atoms with E-state index in [4.69, 9.17) is 0 Å². The number of phenols is 1. The highest BCUT2D eigenvalue weighted by atomic mass is 32.2. The van der Waals surface area contributed by atoms with E-state index in [1.165, 1.54) is 35.3 Å². The molecule has 0 amide bonds. The average Bonchev–Trinajstić information content (AvgIpc) is 2.78. The summed E-state index contributed by atoms with van der Waals surface area (Å²) < 4.78 is 0.